The molecule has 0 saturated carbocycles. The number of amides is 1. The number of imidazole rings is 1. The summed E-state index contributed by atoms with van der Waals surface area (Å²) < 4.78 is 45.6. The number of anilines is 2. The lowest BCUT2D eigenvalue weighted by molar-refractivity contribution is -0.137. The van der Waals surface area contributed by atoms with Crippen LogP contribution in [0.2, 0.25) is 5.02 Å². The van der Waals surface area contributed by atoms with Crippen LogP contribution in [0, 0.1) is 5.41 Å². The minimum atomic E-state index is -4.48. The van der Waals surface area contributed by atoms with E-state index in [1.54, 1.807) is 13.3 Å². The zero-order valence-corrected chi connectivity index (χ0v) is 21.7. The number of hydrogen-bond donors (Lipinski definition) is 3. The number of benzene rings is 2. The SMILES string of the molecule is COc1ccc(Cn2ccnc2CNc2ncc(C(=O)Nc3ccc(C(F)(F)F)cc3)c(Cl)c2C(C)=N)cc1. The van der Waals surface area contributed by atoms with Crippen LogP contribution in [0.1, 0.15) is 39.8 Å². The molecule has 4 aromatic rings. The molecule has 8 nitrogen and oxygen atoms in total. The van der Waals surface area contributed by atoms with E-state index in [1.165, 1.54) is 13.1 Å². The topological polar surface area (TPSA) is 105 Å². The average Bonchev–Trinajstić information content (AvgIpc) is 3.34. The zero-order valence-electron chi connectivity index (χ0n) is 20.9. The van der Waals surface area contributed by atoms with E-state index in [4.69, 9.17) is 21.7 Å². The highest BCUT2D eigenvalue weighted by atomic mass is 35.5. The lowest BCUT2D eigenvalue weighted by Crippen LogP contribution is -2.17. The second kappa shape index (κ2) is 11.6. The first-order valence-electron chi connectivity index (χ1n) is 11.7. The lowest BCUT2D eigenvalue weighted by atomic mass is 10.1. The molecule has 0 unspecified atom stereocenters. The van der Waals surface area contributed by atoms with Crippen LogP contribution in [0.15, 0.2) is 67.1 Å². The summed E-state index contributed by atoms with van der Waals surface area (Å²) in [7, 11) is 1.61. The van der Waals surface area contributed by atoms with Crippen LogP contribution >= 0.6 is 11.6 Å². The minimum absolute atomic E-state index is 0.00835. The molecule has 0 aliphatic carbocycles. The largest absolute Gasteiger partial charge is 0.497 e. The van der Waals surface area contributed by atoms with Crippen molar-refractivity contribution in [2.45, 2.75) is 26.2 Å². The Hall–Kier alpha value is -4.38. The Labute approximate surface area is 227 Å². The highest BCUT2D eigenvalue weighted by Gasteiger charge is 2.30. The molecule has 2 heterocycles. The Morgan fingerprint density at radius 3 is 2.41 bits per heavy atom. The summed E-state index contributed by atoms with van der Waals surface area (Å²) in [4.78, 5) is 21.5. The number of carbonyl (C=O) groups is 1. The van der Waals surface area contributed by atoms with E-state index in [1.807, 2.05) is 35.0 Å². The predicted molar refractivity (Wildman–Crippen MR) is 143 cm³/mol. The molecule has 0 bridgehead atoms. The van der Waals surface area contributed by atoms with Crippen molar-refractivity contribution in [1.82, 2.24) is 14.5 Å². The van der Waals surface area contributed by atoms with E-state index in [0.29, 0.717) is 12.4 Å². The number of nitrogens with one attached hydrogen (secondary N) is 3. The van der Waals surface area contributed by atoms with E-state index >= 15 is 0 Å². The number of methoxy groups -OCH3 is 1. The third-order valence-corrected chi connectivity index (χ3v) is 6.23. The molecule has 0 radical (unpaired) electrons. The first-order valence-corrected chi connectivity index (χ1v) is 12.0. The van der Waals surface area contributed by atoms with Crippen molar-refractivity contribution >= 4 is 34.7 Å². The number of pyridine rings is 1. The van der Waals surface area contributed by atoms with Crippen molar-refractivity contribution in [2.75, 3.05) is 17.7 Å². The fraction of sp³-hybridized carbons (Fsp3) is 0.185. The molecule has 202 valence electrons. The fourth-order valence-corrected chi connectivity index (χ4v) is 4.17. The summed E-state index contributed by atoms with van der Waals surface area (Å²) in [6.07, 6.45) is 0.291. The van der Waals surface area contributed by atoms with Gasteiger partial charge in [-0.3, -0.25) is 4.79 Å². The van der Waals surface area contributed by atoms with E-state index in [9.17, 15) is 18.0 Å². The van der Waals surface area contributed by atoms with Crippen molar-refractivity contribution in [3.63, 3.8) is 0 Å². The molecule has 12 heteroatoms. The van der Waals surface area contributed by atoms with Gasteiger partial charge in [-0.1, -0.05) is 23.7 Å². The van der Waals surface area contributed by atoms with Gasteiger partial charge in [-0.05, 0) is 48.9 Å². The maximum atomic E-state index is 12.8. The van der Waals surface area contributed by atoms with E-state index < -0.39 is 17.6 Å². The molecule has 2 aromatic heterocycles. The van der Waals surface area contributed by atoms with Gasteiger partial charge in [0.05, 0.1) is 35.4 Å². The van der Waals surface area contributed by atoms with E-state index in [-0.39, 0.29) is 39.9 Å². The van der Waals surface area contributed by atoms with Gasteiger partial charge in [0, 0.05) is 36.5 Å². The van der Waals surface area contributed by atoms with Crippen molar-refractivity contribution in [1.29, 1.82) is 5.41 Å². The average molecular weight is 557 g/mol. The van der Waals surface area contributed by atoms with E-state index in [0.717, 1.165) is 35.6 Å². The van der Waals surface area contributed by atoms with Gasteiger partial charge < -0.3 is 25.3 Å². The van der Waals surface area contributed by atoms with Crippen LogP contribution in [-0.2, 0) is 19.3 Å². The van der Waals surface area contributed by atoms with Gasteiger partial charge >= 0.3 is 6.18 Å². The van der Waals surface area contributed by atoms with Crippen LogP contribution in [0.4, 0.5) is 24.7 Å². The zero-order chi connectivity index (χ0) is 28.2. The molecule has 0 fully saturated rings. The Kier molecular flexibility index (Phi) is 8.20. The number of halogens is 4. The number of carbonyl (C=O) groups excluding carboxylic acids is 1. The smallest absolute Gasteiger partial charge is 0.416 e. The summed E-state index contributed by atoms with van der Waals surface area (Å²) in [5.74, 6) is 1.09. The summed E-state index contributed by atoms with van der Waals surface area (Å²) in [5, 5.41) is 13.8. The number of rotatable bonds is 9. The van der Waals surface area contributed by atoms with Crippen LogP contribution in [-0.4, -0.2) is 33.3 Å². The molecule has 39 heavy (non-hydrogen) atoms. The standard InChI is InChI=1S/C27H24ClF3N6O2/c1-16(32)23-24(28)21(26(38)36-19-7-5-18(6-8-19)27(29,30)31)13-34-25(23)35-14-22-33-11-12-37(22)15-17-3-9-20(39-2)10-4-17/h3-13,32H,14-15H2,1-2H3,(H,34,35)(H,36,38). The van der Waals surface area contributed by atoms with Crippen LogP contribution in [0.25, 0.3) is 0 Å². The molecular weight excluding hydrogens is 533 g/mol. The number of hydrogen-bond acceptors (Lipinski definition) is 6. The minimum Gasteiger partial charge on any atom is -0.497 e. The van der Waals surface area contributed by atoms with Gasteiger partial charge in [-0.15, -0.1) is 0 Å². The first-order chi connectivity index (χ1) is 18.6. The maximum Gasteiger partial charge on any atom is 0.416 e. The van der Waals surface area contributed by atoms with Crippen LogP contribution in [0.3, 0.4) is 0 Å². The normalized spacial score (nSPS) is 11.2. The molecule has 0 saturated heterocycles. The number of aromatic nitrogens is 3. The van der Waals surface area contributed by atoms with Gasteiger partial charge in [0.25, 0.3) is 5.91 Å². The molecule has 0 aliphatic rings. The summed E-state index contributed by atoms with van der Waals surface area (Å²) >= 11 is 6.52. The number of alkyl halides is 3. The van der Waals surface area contributed by atoms with Crippen molar-refractivity contribution in [2.24, 2.45) is 0 Å². The van der Waals surface area contributed by atoms with Crippen LogP contribution < -0.4 is 15.4 Å². The Morgan fingerprint density at radius 1 is 1.10 bits per heavy atom. The molecule has 4 rings (SSSR count). The van der Waals surface area contributed by atoms with Gasteiger partial charge in [0.15, 0.2) is 0 Å². The van der Waals surface area contributed by atoms with Gasteiger partial charge in [0.1, 0.15) is 17.4 Å². The number of ether oxygens (including phenoxy) is 1. The molecule has 0 aliphatic heterocycles. The molecule has 3 N–H and O–H groups in total. The third kappa shape index (κ3) is 6.55. The second-order valence-electron chi connectivity index (χ2n) is 8.54. The van der Waals surface area contributed by atoms with Crippen molar-refractivity contribution in [3.05, 3.63) is 100 Å². The van der Waals surface area contributed by atoms with Gasteiger partial charge in [-0.2, -0.15) is 13.2 Å². The Morgan fingerprint density at radius 2 is 1.79 bits per heavy atom. The lowest BCUT2D eigenvalue weighted by Gasteiger charge is -2.15. The molecule has 0 spiro atoms. The highest BCUT2D eigenvalue weighted by Crippen LogP contribution is 2.31. The monoisotopic (exact) mass is 556 g/mol. The van der Waals surface area contributed by atoms with Gasteiger partial charge in [0.2, 0.25) is 0 Å². The quantitative estimate of drug-likeness (QED) is 0.211. The Bertz CT molecular complexity index is 1490. The molecule has 0 atom stereocenters. The maximum absolute atomic E-state index is 12.8. The predicted octanol–water partition coefficient (Wildman–Crippen LogP) is 6.26. The molecule has 2 aromatic carbocycles. The second-order valence-corrected chi connectivity index (χ2v) is 8.91. The highest BCUT2D eigenvalue weighted by molar-refractivity contribution is 6.38. The van der Waals surface area contributed by atoms with Gasteiger partial charge in [-0.25, -0.2) is 9.97 Å². The fourth-order valence-electron chi connectivity index (χ4n) is 3.81. The molecule has 1 amide bonds. The third-order valence-electron chi connectivity index (χ3n) is 5.83. The van der Waals surface area contributed by atoms with Crippen LogP contribution in [0.5, 0.6) is 5.75 Å². The van der Waals surface area contributed by atoms with E-state index in [2.05, 4.69) is 20.6 Å². The molecular formula is C27H24ClF3N6O2. The van der Waals surface area contributed by atoms with Crippen molar-refractivity contribution < 1.29 is 22.7 Å². The summed E-state index contributed by atoms with van der Waals surface area (Å²) in [6.45, 7) is 2.36. The Balaban J connectivity index is 1.49. The summed E-state index contributed by atoms with van der Waals surface area (Å²) in [5.41, 5.74) is 0.649. The summed E-state index contributed by atoms with van der Waals surface area (Å²) in [6, 6.07) is 11.7. The number of nitrogens with zero attached hydrogens (tertiary/aromatic N) is 3. The van der Waals surface area contributed by atoms with Crippen molar-refractivity contribution in [3.8, 4) is 5.75 Å². The first kappa shape index (κ1) is 27.6.